The fraction of sp³-hybridized carbons (Fsp3) is 0.714. The van der Waals surface area contributed by atoms with Crippen LogP contribution in [0.3, 0.4) is 0 Å². The summed E-state index contributed by atoms with van der Waals surface area (Å²) in [7, 11) is 4.41. The maximum absolute atomic E-state index is 5.75. The van der Waals surface area contributed by atoms with Crippen molar-refractivity contribution in [1.29, 1.82) is 0 Å². The molecule has 1 atom stereocenters. The molecule has 1 saturated heterocycles. The van der Waals surface area contributed by atoms with Gasteiger partial charge in [0.25, 0.3) is 0 Å². The highest BCUT2D eigenvalue weighted by Crippen LogP contribution is 2.13. The molecular weight excluding hydrogens is 258 g/mol. The van der Waals surface area contributed by atoms with E-state index in [2.05, 4.69) is 47.6 Å². The first-order chi connectivity index (χ1) is 9.19. The summed E-state index contributed by atoms with van der Waals surface area (Å²) in [5.74, 6) is 3.06. The van der Waals surface area contributed by atoms with E-state index in [1.807, 2.05) is 0 Å². The first-order valence-electron chi connectivity index (χ1n) is 6.85. The molecule has 1 fully saturated rings. The summed E-state index contributed by atoms with van der Waals surface area (Å²) < 4.78 is 5.75. The van der Waals surface area contributed by atoms with E-state index in [1.165, 1.54) is 6.54 Å². The van der Waals surface area contributed by atoms with Crippen molar-refractivity contribution >= 4 is 11.8 Å². The zero-order valence-electron chi connectivity index (χ0n) is 12.2. The van der Waals surface area contributed by atoms with E-state index >= 15 is 0 Å². The zero-order chi connectivity index (χ0) is 13.7. The molecular formula is C14H25N3OS. The van der Waals surface area contributed by atoms with Crippen molar-refractivity contribution in [2.75, 3.05) is 46.5 Å². The Morgan fingerprint density at radius 1 is 1.32 bits per heavy atom. The van der Waals surface area contributed by atoms with Crippen molar-refractivity contribution in [3.05, 3.63) is 23.7 Å². The summed E-state index contributed by atoms with van der Waals surface area (Å²) >= 11 is 1.79. The van der Waals surface area contributed by atoms with Crippen LogP contribution in [0.1, 0.15) is 11.5 Å². The van der Waals surface area contributed by atoms with Crippen LogP contribution in [0, 0.1) is 0 Å². The number of rotatable bonds is 6. The summed E-state index contributed by atoms with van der Waals surface area (Å²) in [5.41, 5.74) is 0. The van der Waals surface area contributed by atoms with Crippen molar-refractivity contribution in [3.8, 4) is 0 Å². The Balaban J connectivity index is 1.72. The second-order valence-corrected chi connectivity index (χ2v) is 6.19. The average molecular weight is 283 g/mol. The quantitative estimate of drug-likeness (QED) is 0.855. The van der Waals surface area contributed by atoms with Crippen molar-refractivity contribution in [2.24, 2.45) is 0 Å². The van der Waals surface area contributed by atoms with Gasteiger partial charge in [-0.25, -0.2) is 0 Å². The van der Waals surface area contributed by atoms with Crippen molar-refractivity contribution in [3.63, 3.8) is 0 Å². The van der Waals surface area contributed by atoms with Gasteiger partial charge in [-0.1, -0.05) is 0 Å². The lowest BCUT2D eigenvalue weighted by Gasteiger charge is -2.37. The Morgan fingerprint density at radius 3 is 2.89 bits per heavy atom. The Bertz CT molecular complexity index is 383. The van der Waals surface area contributed by atoms with Crippen LogP contribution < -0.4 is 5.32 Å². The summed E-state index contributed by atoms with van der Waals surface area (Å²) in [6.45, 7) is 5.30. The van der Waals surface area contributed by atoms with Crippen LogP contribution in [0.5, 0.6) is 0 Å². The van der Waals surface area contributed by atoms with Crippen LogP contribution in [0.2, 0.25) is 0 Å². The van der Waals surface area contributed by atoms with Crippen molar-refractivity contribution in [1.82, 2.24) is 15.1 Å². The highest BCUT2D eigenvalue weighted by atomic mass is 32.2. The third-order valence-electron chi connectivity index (χ3n) is 3.66. The van der Waals surface area contributed by atoms with Gasteiger partial charge in [0.15, 0.2) is 0 Å². The van der Waals surface area contributed by atoms with Gasteiger partial charge in [0.1, 0.15) is 11.5 Å². The molecule has 19 heavy (non-hydrogen) atoms. The fourth-order valence-electron chi connectivity index (χ4n) is 2.42. The molecule has 0 amide bonds. The fourth-order valence-corrected chi connectivity index (χ4v) is 2.86. The van der Waals surface area contributed by atoms with Crippen LogP contribution in [-0.2, 0) is 12.3 Å². The molecule has 1 aliphatic heterocycles. The number of hydrogen-bond donors (Lipinski definition) is 1. The lowest BCUT2D eigenvalue weighted by molar-refractivity contribution is 0.113. The van der Waals surface area contributed by atoms with E-state index in [0.29, 0.717) is 6.04 Å². The van der Waals surface area contributed by atoms with Crippen LogP contribution in [0.4, 0.5) is 0 Å². The molecule has 0 spiro atoms. The number of likely N-dealkylation sites (N-methyl/N-ethyl adjacent to an activating group) is 2. The third kappa shape index (κ3) is 4.53. The number of hydrogen-bond acceptors (Lipinski definition) is 5. The standard InChI is InChI=1S/C14H25N3OS/c1-16-6-7-17(2)12(10-16)8-15-9-13-4-5-14(18-13)11-19-3/h4-5,12,15H,6-11H2,1-3H3. The van der Waals surface area contributed by atoms with Gasteiger partial charge >= 0.3 is 0 Å². The monoisotopic (exact) mass is 283 g/mol. The summed E-state index contributed by atoms with van der Waals surface area (Å²) in [6, 6.07) is 4.75. The minimum Gasteiger partial charge on any atom is -0.464 e. The largest absolute Gasteiger partial charge is 0.464 e. The van der Waals surface area contributed by atoms with Crippen molar-refractivity contribution in [2.45, 2.75) is 18.3 Å². The van der Waals surface area contributed by atoms with Gasteiger partial charge in [-0.05, 0) is 32.5 Å². The van der Waals surface area contributed by atoms with Gasteiger partial charge in [0.05, 0.1) is 12.3 Å². The second kappa shape index (κ2) is 7.33. The van der Waals surface area contributed by atoms with Gasteiger partial charge in [0.2, 0.25) is 0 Å². The van der Waals surface area contributed by atoms with Gasteiger partial charge in [0, 0.05) is 32.2 Å². The van der Waals surface area contributed by atoms with Crippen molar-refractivity contribution < 1.29 is 4.42 Å². The highest BCUT2D eigenvalue weighted by Gasteiger charge is 2.21. The maximum Gasteiger partial charge on any atom is 0.118 e. The van der Waals surface area contributed by atoms with E-state index in [9.17, 15) is 0 Å². The van der Waals surface area contributed by atoms with Gasteiger partial charge in [-0.3, -0.25) is 4.90 Å². The highest BCUT2D eigenvalue weighted by molar-refractivity contribution is 7.97. The number of thioether (sulfide) groups is 1. The smallest absolute Gasteiger partial charge is 0.118 e. The van der Waals surface area contributed by atoms with E-state index < -0.39 is 0 Å². The topological polar surface area (TPSA) is 31.6 Å². The molecule has 2 heterocycles. The Labute approximate surface area is 120 Å². The van der Waals surface area contributed by atoms with E-state index in [4.69, 9.17) is 4.42 Å². The normalized spacial score (nSPS) is 21.9. The van der Waals surface area contributed by atoms with E-state index in [-0.39, 0.29) is 0 Å². The summed E-state index contributed by atoms with van der Waals surface area (Å²) in [5, 5.41) is 3.51. The molecule has 2 rings (SSSR count). The molecule has 0 saturated carbocycles. The molecule has 1 aliphatic rings. The zero-order valence-corrected chi connectivity index (χ0v) is 13.0. The number of nitrogens with one attached hydrogen (secondary N) is 1. The average Bonchev–Trinajstić information content (AvgIpc) is 2.82. The van der Waals surface area contributed by atoms with Crippen LogP contribution in [0.15, 0.2) is 16.5 Å². The molecule has 0 aliphatic carbocycles. The predicted octanol–water partition coefficient (Wildman–Crippen LogP) is 1.48. The van der Waals surface area contributed by atoms with Gasteiger partial charge < -0.3 is 14.6 Å². The van der Waals surface area contributed by atoms with E-state index in [0.717, 1.165) is 43.5 Å². The van der Waals surface area contributed by atoms with E-state index in [1.54, 1.807) is 11.8 Å². The number of piperazine rings is 1. The van der Waals surface area contributed by atoms with Crippen LogP contribution >= 0.6 is 11.8 Å². The number of furan rings is 1. The molecule has 1 aromatic heterocycles. The molecule has 1 unspecified atom stereocenters. The SMILES string of the molecule is CSCc1ccc(CNCC2CN(C)CCN2C)o1. The lowest BCUT2D eigenvalue weighted by Crippen LogP contribution is -2.53. The third-order valence-corrected chi connectivity index (χ3v) is 4.24. The molecule has 5 heteroatoms. The first kappa shape index (κ1) is 14.9. The summed E-state index contributed by atoms with van der Waals surface area (Å²) in [4.78, 5) is 4.84. The summed E-state index contributed by atoms with van der Waals surface area (Å²) in [6.07, 6.45) is 2.09. The minimum atomic E-state index is 0.597. The maximum atomic E-state index is 5.75. The molecule has 0 aromatic carbocycles. The van der Waals surface area contributed by atoms with Gasteiger partial charge in [-0.2, -0.15) is 11.8 Å². The lowest BCUT2D eigenvalue weighted by atomic mass is 10.2. The first-order valence-corrected chi connectivity index (χ1v) is 8.24. The Hall–Kier alpha value is -0.490. The molecule has 1 aromatic rings. The second-order valence-electron chi connectivity index (χ2n) is 5.33. The minimum absolute atomic E-state index is 0.597. The number of nitrogens with zero attached hydrogens (tertiary/aromatic N) is 2. The predicted molar refractivity (Wildman–Crippen MR) is 81.5 cm³/mol. The van der Waals surface area contributed by atoms with Gasteiger partial charge in [-0.15, -0.1) is 0 Å². The molecule has 0 bridgehead atoms. The Morgan fingerprint density at radius 2 is 2.11 bits per heavy atom. The van der Waals surface area contributed by atoms with Crippen LogP contribution in [0.25, 0.3) is 0 Å². The molecule has 4 nitrogen and oxygen atoms in total. The molecule has 108 valence electrons. The molecule has 0 radical (unpaired) electrons. The Kier molecular flexibility index (Phi) is 5.76. The molecule has 1 N–H and O–H groups in total. The van der Waals surface area contributed by atoms with Crippen LogP contribution in [-0.4, -0.2) is 62.4 Å².